The van der Waals surface area contributed by atoms with E-state index in [2.05, 4.69) is 4.98 Å². The van der Waals surface area contributed by atoms with Gasteiger partial charge in [0.15, 0.2) is 11.6 Å². The molecule has 0 aliphatic carbocycles. The van der Waals surface area contributed by atoms with Crippen molar-refractivity contribution in [3.63, 3.8) is 0 Å². The van der Waals surface area contributed by atoms with Gasteiger partial charge in [-0.15, -0.1) is 0 Å². The summed E-state index contributed by atoms with van der Waals surface area (Å²) in [7, 11) is 1.88. The third kappa shape index (κ3) is 2.26. The molecule has 122 valence electrons. The molecule has 4 nitrogen and oxygen atoms in total. The molecule has 1 aliphatic heterocycles. The van der Waals surface area contributed by atoms with Crippen molar-refractivity contribution in [1.82, 2.24) is 14.5 Å². The van der Waals surface area contributed by atoms with Gasteiger partial charge in [0.1, 0.15) is 0 Å². The van der Waals surface area contributed by atoms with E-state index in [1.807, 2.05) is 17.7 Å². The van der Waals surface area contributed by atoms with Crippen LogP contribution >= 0.6 is 0 Å². The lowest BCUT2D eigenvalue weighted by molar-refractivity contribution is 0.0732. The summed E-state index contributed by atoms with van der Waals surface area (Å²) in [4.78, 5) is 18.5. The van der Waals surface area contributed by atoms with E-state index in [0.29, 0.717) is 18.5 Å². The lowest BCUT2D eigenvalue weighted by Crippen LogP contribution is -2.36. The molecule has 1 aliphatic rings. The van der Waals surface area contributed by atoms with E-state index in [1.165, 1.54) is 0 Å². The van der Waals surface area contributed by atoms with Crippen molar-refractivity contribution in [2.24, 2.45) is 7.05 Å². The molecular formula is C18H15F2N3O. The molecule has 3 aromatic rings. The highest BCUT2D eigenvalue weighted by molar-refractivity contribution is 5.97. The molecule has 24 heavy (non-hydrogen) atoms. The molecule has 0 saturated carbocycles. The molecule has 1 amide bonds. The molecule has 0 fully saturated rings. The first-order valence-corrected chi connectivity index (χ1v) is 7.70. The number of amides is 1. The van der Waals surface area contributed by atoms with Gasteiger partial charge < -0.3 is 9.47 Å². The first-order chi connectivity index (χ1) is 11.5. The third-order valence-electron chi connectivity index (χ3n) is 4.55. The largest absolute Gasteiger partial charge is 0.334 e. The number of carbonyl (C=O) groups excluding carboxylic acids is 1. The lowest BCUT2D eigenvalue weighted by Gasteiger charge is -2.29. The van der Waals surface area contributed by atoms with Gasteiger partial charge in [0.2, 0.25) is 0 Å². The van der Waals surface area contributed by atoms with Crippen molar-refractivity contribution in [2.45, 2.75) is 13.0 Å². The molecule has 2 heterocycles. The predicted octanol–water partition coefficient (Wildman–Crippen LogP) is 3.05. The van der Waals surface area contributed by atoms with Crippen LogP contribution in [0.4, 0.5) is 8.78 Å². The van der Waals surface area contributed by atoms with Crippen molar-refractivity contribution in [3.8, 4) is 0 Å². The first kappa shape index (κ1) is 14.8. The molecule has 1 aromatic heterocycles. The minimum absolute atomic E-state index is 0.0814. The maximum atomic E-state index is 14.0. The summed E-state index contributed by atoms with van der Waals surface area (Å²) >= 11 is 0. The number of carbonyl (C=O) groups is 1. The van der Waals surface area contributed by atoms with Crippen molar-refractivity contribution in [1.29, 1.82) is 0 Å². The molecule has 4 rings (SSSR count). The Hall–Kier alpha value is -2.76. The molecule has 0 spiro atoms. The number of hydrogen-bond donors (Lipinski definition) is 0. The second-order valence-corrected chi connectivity index (χ2v) is 6.03. The molecule has 0 atom stereocenters. The van der Waals surface area contributed by atoms with Crippen molar-refractivity contribution >= 4 is 16.9 Å². The summed E-state index contributed by atoms with van der Waals surface area (Å²) in [5.74, 6) is -1.93. The number of hydrogen-bond acceptors (Lipinski definition) is 2. The van der Waals surface area contributed by atoms with Crippen LogP contribution in [0.5, 0.6) is 0 Å². The fraction of sp³-hybridized carbons (Fsp3) is 0.222. The Morgan fingerprint density at radius 3 is 2.88 bits per heavy atom. The maximum absolute atomic E-state index is 14.0. The van der Waals surface area contributed by atoms with Crippen molar-refractivity contribution in [2.75, 3.05) is 6.54 Å². The number of aryl methyl sites for hydroxylation is 1. The molecular weight excluding hydrogens is 312 g/mol. The minimum Gasteiger partial charge on any atom is -0.334 e. The summed E-state index contributed by atoms with van der Waals surface area (Å²) in [5.41, 5.74) is 3.20. The summed E-state index contributed by atoms with van der Waals surface area (Å²) in [6.45, 7) is 0.565. The van der Waals surface area contributed by atoms with E-state index in [0.717, 1.165) is 22.7 Å². The van der Waals surface area contributed by atoms with Crippen LogP contribution in [0.25, 0.3) is 11.0 Å². The zero-order valence-electron chi connectivity index (χ0n) is 13.1. The number of fused-ring (bicyclic) bond motifs is 2. The van der Waals surface area contributed by atoms with E-state index < -0.39 is 11.6 Å². The summed E-state index contributed by atoms with van der Waals surface area (Å²) in [5, 5.41) is 0. The number of imidazole rings is 1. The summed E-state index contributed by atoms with van der Waals surface area (Å²) in [6, 6.07) is 8.04. The number of nitrogens with zero attached hydrogens (tertiary/aromatic N) is 3. The van der Waals surface area contributed by atoms with Crippen molar-refractivity contribution < 1.29 is 13.6 Å². The number of halogens is 2. The maximum Gasteiger partial charge on any atom is 0.254 e. The van der Waals surface area contributed by atoms with Crippen LogP contribution in [0.1, 0.15) is 21.5 Å². The Bertz CT molecular complexity index is 964. The van der Waals surface area contributed by atoms with Crippen molar-refractivity contribution in [3.05, 3.63) is 65.0 Å². The average molecular weight is 327 g/mol. The van der Waals surface area contributed by atoms with Gasteiger partial charge in [-0.25, -0.2) is 13.8 Å². The van der Waals surface area contributed by atoms with Gasteiger partial charge >= 0.3 is 0 Å². The van der Waals surface area contributed by atoms with Crippen LogP contribution < -0.4 is 0 Å². The van der Waals surface area contributed by atoms with Crippen LogP contribution in [-0.4, -0.2) is 26.9 Å². The van der Waals surface area contributed by atoms with E-state index in [1.54, 1.807) is 29.4 Å². The van der Waals surface area contributed by atoms with Gasteiger partial charge in [-0.1, -0.05) is 6.07 Å². The quantitative estimate of drug-likeness (QED) is 0.689. The first-order valence-electron chi connectivity index (χ1n) is 7.70. The Balaban J connectivity index is 1.65. The molecule has 0 N–H and O–H groups in total. The molecule has 0 unspecified atom stereocenters. The minimum atomic E-state index is -0.877. The second-order valence-electron chi connectivity index (χ2n) is 6.03. The van der Waals surface area contributed by atoms with Crippen LogP contribution in [0, 0.1) is 11.6 Å². The van der Waals surface area contributed by atoms with Crippen LogP contribution in [0.15, 0.2) is 36.7 Å². The van der Waals surface area contributed by atoms with Gasteiger partial charge in [0.25, 0.3) is 5.91 Å². The Kier molecular flexibility index (Phi) is 3.33. The Morgan fingerprint density at radius 1 is 1.21 bits per heavy atom. The van der Waals surface area contributed by atoms with Crippen LogP contribution in [0.2, 0.25) is 0 Å². The summed E-state index contributed by atoms with van der Waals surface area (Å²) in [6.07, 6.45) is 2.21. The van der Waals surface area contributed by atoms with Gasteiger partial charge in [-0.3, -0.25) is 4.79 Å². The van der Waals surface area contributed by atoms with Crippen LogP contribution in [0.3, 0.4) is 0 Å². The second kappa shape index (κ2) is 5.40. The standard InChI is InChI=1S/C18H15F2N3O/c1-22-10-21-15-8-12(3-5-16(15)22)18(24)23-7-6-11-2-4-14(19)17(20)13(11)9-23/h2-5,8,10H,6-7,9H2,1H3. The fourth-order valence-electron chi connectivity index (χ4n) is 3.19. The zero-order valence-corrected chi connectivity index (χ0v) is 13.1. The van der Waals surface area contributed by atoms with Crippen LogP contribution in [-0.2, 0) is 20.0 Å². The molecule has 2 aromatic carbocycles. The smallest absolute Gasteiger partial charge is 0.254 e. The number of aromatic nitrogens is 2. The van der Waals surface area contributed by atoms with E-state index in [9.17, 15) is 13.6 Å². The topological polar surface area (TPSA) is 38.1 Å². The van der Waals surface area contributed by atoms with E-state index in [4.69, 9.17) is 0 Å². The highest BCUT2D eigenvalue weighted by Gasteiger charge is 2.25. The van der Waals surface area contributed by atoms with Gasteiger partial charge in [0, 0.05) is 31.3 Å². The summed E-state index contributed by atoms with van der Waals surface area (Å²) < 4.78 is 29.3. The SMILES string of the molecule is Cn1cnc2cc(C(=O)N3CCc4ccc(F)c(F)c4C3)ccc21. The third-order valence-corrected chi connectivity index (χ3v) is 4.55. The van der Waals surface area contributed by atoms with Gasteiger partial charge in [-0.05, 0) is 36.2 Å². The molecule has 6 heteroatoms. The zero-order chi connectivity index (χ0) is 16.8. The predicted molar refractivity (Wildman–Crippen MR) is 85.5 cm³/mol. The fourth-order valence-corrected chi connectivity index (χ4v) is 3.19. The molecule has 0 bridgehead atoms. The lowest BCUT2D eigenvalue weighted by atomic mass is 9.98. The monoisotopic (exact) mass is 327 g/mol. The molecule has 0 saturated heterocycles. The van der Waals surface area contributed by atoms with E-state index >= 15 is 0 Å². The Labute approximate surface area is 137 Å². The van der Waals surface area contributed by atoms with Gasteiger partial charge in [0.05, 0.1) is 17.4 Å². The van der Waals surface area contributed by atoms with Gasteiger partial charge in [-0.2, -0.15) is 0 Å². The molecule has 0 radical (unpaired) electrons. The van der Waals surface area contributed by atoms with E-state index in [-0.39, 0.29) is 18.0 Å². The number of benzene rings is 2. The Morgan fingerprint density at radius 2 is 2.04 bits per heavy atom. The normalized spacial score (nSPS) is 14.0. The highest BCUT2D eigenvalue weighted by Crippen LogP contribution is 2.25. The number of rotatable bonds is 1. The average Bonchev–Trinajstić information content (AvgIpc) is 2.98. The highest BCUT2D eigenvalue weighted by atomic mass is 19.2.